The molecule has 0 spiro atoms. The molecule has 0 amide bonds. The van der Waals surface area contributed by atoms with Crippen LogP contribution in [0.15, 0.2) is 22.5 Å². The van der Waals surface area contributed by atoms with E-state index in [1.54, 1.807) is 0 Å². The molecule has 3 rings (SSSR count). The number of aliphatic hydroxyl groups is 2. The molecule has 0 saturated carbocycles. The summed E-state index contributed by atoms with van der Waals surface area (Å²) >= 11 is 0. The van der Waals surface area contributed by atoms with Crippen molar-refractivity contribution >= 4 is 11.0 Å². The molecule has 8 heteroatoms. The van der Waals surface area contributed by atoms with Crippen LogP contribution in [0.25, 0.3) is 11.0 Å². The average Bonchev–Trinajstić information content (AvgIpc) is 2.95. The molecule has 0 atom stereocenters. The number of rotatable bonds is 3. The molecule has 1 aliphatic rings. The van der Waals surface area contributed by atoms with Crippen molar-refractivity contribution in [1.82, 2.24) is 25.1 Å². The summed E-state index contributed by atoms with van der Waals surface area (Å²) in [5, 5.41) is 25.4. The quantitative estimate of drug-likeness (QED) is 0.579. The zero-order chi connectivity index (χ0) is 13.4. The number of fused-ring (bicyclic) bond motifs is 1. The van der Waals surface area contributed by atoms with Gasteiger partial charge in [0.1, 0.15) is 11.3 Å². The lowest BCUT2D eigenvalue weighted by molar-refractivity contribution is 0.288. The highest BCUT2D eigenvalue weighted by molar-refractivity contribution is 5.75. The molecule has 4 N–H and O–H groups in total. The molecule has 19 heavy (non-hydrogen) atoms. The molecular formula is C11H13N5O3. The van der Waals surface area contributed by atoms with Gasteiger partial charge in [0.25, 0.3) is 5.56 Å². The van der Waals surface area contributed by atoms with Gasteiger partial charge in [-0.1, -0.05) is 0 Å². The summed E-state index contributed by atoms with van der Waals surface area (Å²) in [5.41, 5.74) is 1.85. The standard InChI is InChI=1S/C11H13N5O3/c17-4-6-1-16(3-8(6)18)2-7-9-10(15-14-7)11(19)13-5-12-9/h5,17-18H,1-4H2,(H,14,15)(H,12,13,19). The molecule has 0 bridgehead atoms. The lowest BCUT2D eigenvalue weighted by atomic mass is 10.3. The predicted molar refractivity (Wildman–Crippen MR) is 66.5 cm³/mol. The van der Waals surface area contributed by atoms with E-state index in [-0.39, 0.29) is 23.4 Å². The summed E-state index contributed by atoms with van der Waals surface area (Å²) in [7, 11) is 0. The SMILES string of the molecule is O=c1[nH]cnc2c(CN3CC(O)=C(CO)C3)[nH]nc12. The highest BCUT2D eigenvalue weighted by Gasteiger charge is 2.22. The van der Waals surface area contributed by atoms with Crippen LogP contribution in [0.4, 0.5) is 0 Å². The van der Waals surface area contributed by atoms with Crippen molar-refractivity contribution in [3.05, 3.63) is 33.7 Å². The maximum Gasteiger partial charge on any atom is 0.279 e. The van der Waals surface area contributed by atoms with E-state index in [0.29, 0.717) is 36.4 Å². The first-order chi connectivity index (χ1) is 9.19. The Hall–Kier alpha value is -2.19. The summed E-state index contributed by atoms with van der Waals surface area (Å²) in [6.07, 6.45) is 1.34. The summed E-state index contributed by atoms with van der Waals surface area (Å²) in [4.78, 5) is 20.0. The molecule has 3 heterocycles. The summed E-state index contributed by atoms with van der Waals surface area (Å²) in [5.74, 6) is 0.206. The third-order valence-electron chi connectivity index (χ3n) is 3.19. The fourth-order valence-electron chi connectivity index (χ4n) is 2.22. The average molecular weight is 263 g/mol. The van der Waals surface area contributed by atoms with Gasteiger partial charge in [-0.25, -0.2) is 4.98 Å². The summed E-state index contributed by atoms with van der Waals surface area (Å²) in [6.45, 7) is 1.19. The smallest absolute Gasteiger partial charge is 0.279 e. The minimum absolute atomic E-state index is 0.149. The Bertz CT molecular complexity index is 702. The zero-order valence-corrected chi connectivity index (χ0v) is 10.1. The maximum absolute atomic E-state index is 11.5. The Labute approximate surface area is 107 Å². The minimum Gasteiger partial charge on any atom is -0.511 e. The number of aliphatic hydroxyl groups excluding tert-OH is 2. The molecule has 0 saturated heterocycles. The Morgan fingerprint density at radius 2 is 2.21 bits per heavy atom. The molecule has 0 fully saturated rings. The van der Waals surface area contributed by atoms with Gasteiger partial charge in [-0.15, -0.1) is 0 Å². The molecule has 0 radical (unpaired) electrons. The maximum atomic E-state index is 11.5. The molecule has 0 aliphatic carbocycles. The van der Waals surface area contributed by atoms with E-state index in [2.05, 4.69) is 20.2 Å². The second kappa shape index (κ2) is 4.48. The van der Waals surface area contributed by atoms with Gasteiger partial charge in [0.05, 0.1) is 25.2 Å². The van der Waals surface area contributed by atoms with Gasteiger partial charge in [0, 0.05) is 18.7 Å². The molecule has 1 aliphatic heterocycles. The van der Waals surface area contributed by atoms with Gasteiger partial charge in [-0.2, -0.15) is 5.10 Å². The van der Waals surface area contributed by atoms with E-state index in [9.17, 15) is 9.90 Å². The molecule has 2 aromatic heterocycles. The van der Waals surface area contributed by atoms with E-state index < -0.39 is 0 Å². The summed E-state index contributed by atoms with van der Waals surface area (Å²) < 4.78 is 0. The highest BCUT2D eigenvalue weighted by atomic mass is 16.3. The van der Waals surface area contributed by atoms with Gasteiger partial charge in [0.15, 0.2) is 5.52 Å². The number of H-pyrrole nitrogens is 2. The van der Waals surface area contributed by atoms with Gasteiger partial charge in [-0.05, 0) is 0 Å². The molecule has 2 aromatic rings. The molecule has 8 nitrogen and oxygen atoms in total. The van der Waals surface area contributed by atoms with Crippen LogP contribution >= 0.6 is 0 Å². The number of hydrogen-bond acceptors (Lipinski definition) is 6. The predicted octanol–water partition coefficient (Wildman–Crippen LogP) is -0.734. The second-order valence-corrected chi connectivity index (χ2v) is 4.48. The van der Waals surface area contributed by atoms with Crippen LogP contribution in [-0.4, -0.2) is 55.0 Å². The lowest BCUT2D eigenvalue weighted by Gasteiger charge is -2.13. The molecule has 100 valence electrons. The molecular weight excluding hydrogens is 250 g/mol. The van der Waals surface area contributed by atoms with Crippen molar-refractivity contribution in [3.8, 4) is 0 Å². The van der Waals surface area contributed by atoms with E-state index in [0.717, 1.165) is 0 Å². The van der Waals surface area contributed by atoms with Crippen molar-refractivity contribution in [2.24, 2.45) is 0 Å². The normalized spacial score (nSPS) is 16.7. The fourth-order valence-corrected chi connectivity index (χ4v) is 2.22. The van der Waals surface area contributed by atoms with E-state index >= 15 is 0 Å². The van der Waals surface area contributed by atoms with Gasteiger partial charge < -0.3 is 15.2 Å². The topological polar surface area (TPSA) is 118 Å². The first-order valence-corrected chi connectivity index (χ1v) is 5.82. The van der Waals surface area contributed by atoms with Gasteiger partial charge in [-0.3, -0.25) is 14.8 Å². The fraction of sp³-hybridized carbons (Fsp3) is 0.364. The Kier molecular flexibility index (Phi) is 2.80. The van der Waals surface area contributed by atoms with E-state index in [4.69, 9.17) is 5.11 Å². The first-order valence-electron chi connectivity index (χ1n) is 5.82. The Morgan fingerprint density at radius 1 is 1.37 bits per heavy atom. The zero-order valence-electron chi connectivity index (χ0n) is 10.1. The van der Waals surface area contributed by atoms with Crippen LogP contribution < -0.4 is 5.56 Å². The second-order valence-electron chi connectivity index (χ2n) is 4.48. The number of aromatic nitrogens is 4. The lowest BCUT2D eigenvalue weighted by Crippen LogP contribution is -2.22. The van der Waals surface area contributed by atoms with Gasteiger partial charge in [0.2, 0.25) is 0 Å². The Balaban J connectivity index is 1.84. The van der Waals surface area contributed by atoms with Gasteiger partial charge >= 0.3 is 0 Å². The molecule has 0 unspecified atom stereocenters. The number of hydrogen-bond donors (Lipinski definition) is 4. The van der Waals surface area contributed by atoms with Crippen molar-refractivity contribution in [2.45, 2.75) is 6.54 Å². The van der Waals surface area contributed by atoms with Crippen LogP contribution in [-0.2, 0) is 6.54 Å². The van der Waals surface area contributed by atoms with Crippen molar-refractivity contribution in [3.63, 3.8) is 0 Å². The van der Waals surface area contributed by atoms with Crippen LogP contribution in [0.1, 0.15) is 5.69 Å². The monoisotopic (exact) mass is 263 g/mol. The number of aromatic amines is 2. The van der Waals surface area contributed by atoms with Crippen molar-refractivity contribution in [1.29, 1.82) is 0 Å². The van der Waals surface area contributed by atoms with E-state index in [1.165, 1.54) is 6.33 Å². The minimum atomic E-state index is -0.286. The largest absolute Gasteiger partial charge is 0.511 e. The number of nitrogens with zero attached hydrogens (tertiary/aromatic N) is 3. The summed E-state index contributed by atoms with van der Waals surface area (Å²) in [6, 6.07) is 0. The highest BCUT2D eigenvalue weighted by Crippen LogP contribution is 2.18. The van der Waals surface area contributed by atoms with Crippen LogP contribution in [0.3, 0.4) is 0 Å². The Morgan fingerprint density at radius 3 is 2.95 bits per heavy atom. The van der Waals surface area contributed by atoms with Crippen LogP contribution in [0.5, 0.6) is 0 Å². The molecule has 0 aromatic carbocycles. The number of nitrogens with one attached hydrogen (secondary N) is 2. The van der Waals surface area contributed by atoms with Crippen molar-refractivity contribution in [2.75, 3.05) is 19.7 Å². The van der Waals surface area contributed by atoms with Crippen molar-refractivity contribution < 1.29 is 10.2 Å². The van der Waals surface area contributed by atoms with Crippen LogP contribution in [0, 0.1) is 0 Å². The third-order valence-corrected chi connectivity index (χ3v) is 3.19. The third kappa shape index (κ3) is 2.00. The van der Waals surface area contributed by atoms with Crippen LogP contribution in [0.2, 0.25) is 0 Å². The first kappa shape index (κ1) is 11.9. The van der Waals surface area contributed by atoms with E-state index in [1.807, 2.05) is 4.90 Å².